The molecule has 0 amide bonds. The maximum atomic E-state index is 13.7. The smallest absolute Gasteiger partial charge is 0.127 e. The summed E-state index contributed by atoms with van der Waals surface area (Å²) in [6.45, 7) is 1.80. The summed E-state index contributed by atoms with van der Waals surface area (Å²) in [6.07, 6.45) is 2.07. The van der Waals surface area contributed by atoms with E-state index in [9.17, 15) is 4.39 Å². The van der Waals surface area contributed by atoms with Crippen LogP contribution in [0.15, 0.2) is 34.9 Å². The van der Waals surface area contributed by atoms with Crippen LogP contribution in [0.4, 0.5) is 4.39 Å². The van der Waals surface area contributed by atoms with E-state index in [1.54, 1.807) is 31.3 Å². The average molecular weight is 310 g/mol. The van der Waals surface area contributed by atoms with Gasteiger partial charge in [-0.25, -0.2) is 14.4 Å². The molecule has 18 heavy (non-hydrogen) atoms. The first-order valence-electron chi connectivity index (χ1n) is 5.55. The van der Waals surface area contributed by atoms with E-state index in [0.717, 1.165) is 10.2 Å². The Kier molecular flexibility index (Phi) is 4.04. The van der Waals surface area contributed by atoms with Crippen molar-refractivity contribution in [1.29, 1.82) is 0 Å². The molecule has 1 atom stereocenters. The molecule has 0 spiro atoms. The molecule has 0 fully saturated rings. The summed E-state index contributed by atoms with van der Waals surface area (Å²) < 4.78 is 14.4. The number of nitrogens with two attached hydrogens (primary N) is 1. The van der Waals surface area contributed by atoms with Crippen LogP contribution in [0.2, 0.25) is 0 Å². The largest absolute Gasteiger partial charge is 0.322 e. The molecule has 0 bridgehead atoms. The van der Waals surface area contributed by atoms with Gasteiger partial charge in [-0.05, 0) is 37.1 Å². The van der Waals surface area contributed by atoms with E-state index < -0.39 is 0 Å². The van der Waals surface area contributed by atoms with Crippen LogP contribution in [0.5, 0.6) is 0 Å². The monoisotopic (exact) mass is 309 g/mol. The fourth-order valence-corrected chi connectivity index (χ4v) is 2.04. The SMILES string of the molecule is Cc1nccc(C(N)Cc2ccc(Br)cc2F)n1. The van der Waals surface area contributed by atoms with Crippen molar-refractivity contribution in [3.05, 3.63) is 57.8 Å². The highest BCUT2D eigenvalue weighted by Crippen LogP contribution is 2.20. The van der Waals surface area contributed by atoms with Crippen LogP contribution in [-0.2, 0) is 6.42 Å². The van der Waals surface area contributed by atoms with Crippen LogP contribution in [-0.4, -0.2) is 9.97 Å². The van der Waals surface area contributed by atoms with Crippen molar-refractivity contribution in [3.63, 3.8) is 0 Å². The van der Waals surface area contributed by atoms with E-state index in [1.807, 2.05) is 0 Å². The van der Waals surface area contributed by atoms with Gasteiger partial charge in [0.25, 0.3) is 0 Å². The summed E-state index contributed by atoms with van der Waals surface area (Å²) in [7, 11) is 0. The van der Waals surface area contributed by atoms with E-state index in [2.05, 4.69) is 25.9 Å². The van der Waals surface area contributed by atoms with Crippen molar-refractivity contribution in [1.82, 2.24) is 9.97 Å². The van der Waals surface area contributed by atoms with Gasteiger partial charge in [0, 0.05) is 10.7 Å². The molecule has 0 aliphatic carbocycles. The number of benzene rings is 1. The highest BCUT2D eigenvalue weighted by molar-refractivity contribution is 9.10. The minimum atomic E-state index is -0.331. The fourth-order valence-electron chi connectivity index (χ4n) is 1.71. The molecule has 0 aliphatic heterocycles. The van der Waals surface area contributed by atoms with Gasteiger partial charge in [0.1, 0.15) is 11.6 Å². The summed E-state index contributed by atoms with van der Waals surface area (Å²) in [5.74, 6) is 0.407. The van der Waals surface area contributed by atoms with Gasteiger partial charge in [0.15, 0.2) is 0 Å². The molecule has 0 saturated carbocycles. The first-order valence-corrected chi connectivity index (χ1v) is 6.34. The summed E-state index contributed by atoms with van der Waals surface area (Å²) >= 11 is 3.23. The van der Waals surface area contributed by atoms with Crippen molar-refractivity contribution in [3.8, 4) is 0 Å². The zero-order valence-corrected chi connectivity index (χ0v) is 11.5. The van der Waals surface area contributed by atoms with Gasteiger partial charge in [-0.15, -0.1) is 0 Å². The lowest BCUT2D eigenvalue weighted by atomic mass is 10.0. The second-order valence-corrected chi connectivity index (χ2v) is 4.99. The van der Waals surface area contributed by atoms with Gasteiger partial charge in [0.05, 0.1) is 11.7 Å². The summed E-state index contributed by atoms with van der Waals surface area (Å²) in [5.41, 5.74) is 7.35. The molecule has 94 valence electrons. The number of hydrogen-bond donors (Lipinski definition) is 1. The maximum Gasteiger partial charge on any atom is 0.127 e. The van der Waals surface area contributed by atoms with Gasteiger partial charge in [-0.2, -0.15) is 0 Å². The maximum absolute atomic E-state index is 13.7. The molecule has 5 heteroatoms. The van der Waals surface area contributed by atoms with Crippen molar-refractivity contribution >= 4 is 15.9 Å². The molecule has 0 radical (unpaired) electrons. The van der Waals surface area contributed by atoms with Crippen LogP contribution in [0.25, 0.3) is 0 Å². The Morgan fingerprint density at radius 2 is 2.17 bits per heavy atom. The van der Waals surface area contributed by atoms with Crippen molar-refractivity contribution < 1.29 is 4.39 Å². The predicted octanol–water partition coefficient (Wildman–Crippen LogP) is 2.93. The molecule has 0 aliphatic rings. The predicted molar refractivity (Wildman–Crippen MR) is 71.5 cm³/mol. The average Bonchev–Trinajstić information content (AvgIpc) is 2.32. The summed E-state index contributed by atoms with van der Waals surface area (Å²) in [5, 5.41) is 0. The molecule has 1 aromatic carbocycles. The normalized spacial score (nSPS) is 12.4. The molecule has 1 aromatic heterocycles. The molecule has 2 aromatic rings. The van der Waals surface area contributed by atoms with E-state index in [-0.39, 0.29) is 11.9 Å². The van der Waals surface area contributed by atoms with Crippen LogP contribution in [0.1, 0.15) is 23.1 Å². The first kappa shape index (κ1) is 13.1. The molecule has 1 unspecified atom stereocenters. The number of rotatable bonds is 3. The second-order valence-electron chi connectivity index (χ2n) is 4.08. The number of hydrogen-bond acceptors (Lipinski definition) is 3. The summed E-state index contributed by atoms with van der Waals surface area (Å²) in [6, 6.07) is 6.40. The third kappa shape index (κ3) is 3.11. The van der Waals surface area contributed by atoms with Crippen LogP contribution in [0.3, 0.4) is 0 Å². The lowest BCUT2D eigenvalue weighted by Crippen LogP contribution is -2.16. The van der Waals surface area contributed by atoms with Gasteiger partial charge in [-0.1, -0.05) is 22.0 Å². The zero-order valence-electron chi connectivity index (χ0n) is 9.90. The third-order valence-corrected chi connectivity index (χ3v) is 3.13. The Hall–Kier alpha value is -1.33. The number of nitrogens with zero attached hydrogens (tertiary/aromatic N) is 2. The Labute approximate surface area is 113 Å². The topological polar surface area (TPSA) is 51.8 Å². The minimum absolute atomic E-state index is 0.259. The lowest BCUT2D eigenvalue weighted by molar-refractivity contribution is 0.588. The van der Waals surface area contributed by atoms with E-state index in [0.29, 0.717) is 17.8 Å². The number of aryl methyl sites for hydroxylation is 1. The standard InChI is InChI=1S/C13H13BrFN3/c1-8-17-5-4-13(18-8)12(16)6-9-2-3-10(14)7-11(9)15/h2-5,7,12H,6,16H2,1H3. The second kappa shape index (κ2) is 5.54. The molecule has 3 nitrogen and oxygen atoms in total. The molecule has 2 rings (SSSR count). The minimum Gasteiger partial charge on any atom is -0.322 e. The van der Waals surface area contributed by atoms with E-state index in [4.69, 9.17) is 5.73 Å². The zero-order chi connectivity index (χ0) is 13.1. The number of halogens is 2. The highest BCUT2D eigenvalue weighted by atomic mass is 79.9. The lowest BCUT2D eigenvalue weighted by Gasteiger charge is -2.12. The summed E-state index contributed by atoms with van der Waals surface area (Å²) in [4.78, 5) is 8.26. The van der Waals surface area contributed by atoms with Gasteiger partial charge < -0.3 is 5.73 Å². The Bertz CT molecular complexity index is 560. The quantitative estimate of drug-likeness (QED) is 0.948. The van der Waals surface area contributed by atoms with E-state index in [1.165, 1.54) is 6.07 Å². The van der Waals surface area contributed by atoms with Crippen LogP contribution >= 0.6 is 15.9 Å². The van der Waals surface area contributed by atoms with Crippen molar-refractivity contribution in [2.24, 2.45) is 5.73 Å². The van der Waals surface area contributed by atoms with E-state index >= 15 is 0 Å². The third-order valence-electron chi connectivity index (χ3n) is 2.63. The molecular formula is C13H13BrFN3. The van der Waals surface area contributed by atoms with Crippen LogP contribution < -0.4 is 5.73 Å². The highest BCUT2D eigenvalue weighted by Gasteiger charge is 2.12. The Balaban J connectivity index is 2.18. The van der Waals surface area contributed by atoms with Gasteiger partial charge in [-0.3, -0.25) is 0 Å². The van der Waals surface area contributed by atoms with Crippen molar-refractivity contribution in [2.75, 3.05) is 0 Å². The van der Waals surface area contributed by atoms with Gasteiger partial charge >= 0.3 is 0 Å². The molecule has 2 N–H and O–H groups in total. The molecule has 0 saturated heterocycles. The molecule has 1 heterocycles. The van der Waals surface area contributed by atoms with Crippen molar-refractivity contribution in [2.45, 2.75) is 19.4 Å². The molecular weight excluding hydrogens is 297 g/mol. The Morgan fingerprint density at radius 1 is 1.39 bits per heavy atom. The van der Waals surface area contributed by atoms with Gasteiger partial charge in [0.2, 0.25) is 0 Å². The Morgan fingerprint density at radius 3 is 2.83 bits per heavy atom. The fraction of sp³-hybridized carbons (Fsp3) is 0.231. The number of aromatic nitrogens is 2. The van der Waals surface area contributed by atoms with Crippen LogP contribution in [0, 0.1) is 12.7 Å². The first-order chi connectivity index (χ1) is 8.56.